The van der Waals surface area contributed by atoms with E-state index in [4.69, 9.17) is 28.9 Å². The van der Waals surface area contributed by atoms with Gasteiger partial charge in [-0.1, -0.05) is 36.5 Å². The number of anilines is 1. The van der Waals surface area contributed by atoms with E-state index >= 15 is 0 Å². The predicted molar refractivity (Wildman–Crippen MR) is 63.8 cm³/mol. The van der Waals surface area contributed by atoms with Crippen molar-refractivity contribution in [1.29, 1.82) is 0 Å². The smallest absolute Gasteiger partial charge is 0.157 e. The van der Waals surface area contributed by atoms with Crippen LogP contribution in [0.4, 0.5) is 5.69 Å². The average molecular weight is 257 g/mol. The van der Waals surface area contributed by atoms with Crippen molar-refractivity contribution in [2.24, 2.45) is 0 Å². The predicted octanol–water partition coefficient (Wildman–Crippen LogP) is 3.66. The summed E-state index contributed by atoms with van der Waals surface area (Å²) in [6.45, 7) is 2.01. The van der Waals surface area contributed by atoms with Gasteiger partial charge in [0.15, 0.2) is 5.75 Å². The van der Waals surface area contributed by atoms with E-state index in [9.17, 15) is 5.11 Å². The van der Waals surface area contributed by atoms with Gasteiger partial charge >= 0.3 is 0 Å². The molecule has 3 N–H and O–H groups in total. The van der Waals surface area contributed by atoms with Crippen molar-refractivity contribution < 1.29 is 5.11 Å². The largest absolute Gasteiger partial charge is 0.504 e. The maximum Gasteiger partial charge on any atom is 0.157 e. The fourth-order valence-electron chi connectivity index (χ4n) is 1.15. The zero-order chi connectivity index (χ0) is 10.0. The zero-order valence-corrected chi connectivity index (χ0v) is 10.0. The Kier molecular flexibility index (Phi) is 5.42. The van der Waals surface area contributed by atoms with Crippen LogP contribution in [0, 0.1) is 0 Å². The summed E-state index contributed by atoms with van der Waals surface area (Å²) in [5.74, 6) is -0.0745. The lowest BCUT2D eigenvalue weighted by Gasteiger charge is -2.09. The van der Waals surface area contributed by atoms with Gasteiger partial charge in [-0.3, -0.25) is 0 Å². The third kappa shape index (κ3) is 2.59. The van der Waals surface area contributed by atoms with E-state index in [1.807, 2.05) is 6.92 Å². The van der Waals surface area contributed by atoms with Crippen LogP contribution < -0.4 is 5.73 Å². The van der Waals surface area contributed by atoms with E-state index in [0.29, 0.717) is 5.02 Å². The molecule has 0 aliphatic carbocycles. The fraction of sp³-hybridized carbons (Fsp3) is 0.333. The van der Waals surface area contributed by atoms with Gasteiger partial charge in [0.05, 0.1) is 10.7 Å². The minimum absolute atomic E-state index is 0. The maximum atomic E-state index is 9.42. The fourth-order valence-corrected chi connectivity index (χ4v) is 1.81. The number of phenolic OH excluding ortho intramolecular Hbond substituents is 1. The lowest BCUT2D eigenvalue weighted by atomic mass is 10.1. The molecule has 0 fully saturated rings. The van der Waals surface area contributed by atoms with Gasteiger partial charge in [-0.05, 0) is 18.1 Å². The van der Waals surface area contributed by atoms with Crippen molar-refractivity contribution in [3.05, 3.63) is 21.7 Å². The van der Waals surface area contributed by atoms with Crippen molar-refractivity contribution in [1.82, 2.24) is 0 Å². The Labute approximate surface area is 99.4 Å². The Bertz CT molecular complexity index is 328. The van der Waals surface area contributed by atoms with Crippen molar-refractivity contribution >= 4 is 41.3 Å². The van der Waals surface area contributed by atoms with Gasteiger partial charge in [-0.2, -0.15) is 0 Å². The van der Waals surface area contributed by atoms with Gasteiger partial charge in [0.2, 0.25) is 0 Å². The summed E-state index contributed by atoms with van der Waals surface area (Å²) in [5.41, 5.74) is 6.45. The highest BCUT2D eigenvalue weighted by Gasteiger charge is 2.12. The number of benzene rings is 1. The molecule has 0 atom stereocenters. The summed E-state index contributed by atoms with van der Waals surface area (Å²) in [4.78, 5) is 0. The highest BCUT2D eigenvalue weighted by Crippen LogP contribution is 2.38. The summed E-state index contributed by atoms with van der Waals surface area (Å²) >= 11 is 11.8. The van der Waals surface area contributed by atoms with Crippen LogP contribution in [0.2, 0.25) is 10.0 Å². The molecule has 1 aromatic carbocycles. The number of nitrogen functional groups attached to an aromatic ring is 1. The topological polar surface area (TPSA) is 46.2 Å². The monoisotopic (exact) mass is 255 g/mol. The lowest BCUT2D eigenvalue weighted by molar-refractivity contribution is 0.477. The molecular weight excluding hydrogens is 244 g/mol. The van der Waals surface area contributed by atoms with Gasteiger partial charge < -0.3 is 10.8 Å². The Balaban J connectivity index is 0.00000169. The van der Waals surface area contributed by atoms with Gasteiger partial charge in [0, 0.05) is 5.02 Å². The van der Waals surface area contributed by atoms with Crippen molar-refractivity contribution in [3.8, 4) is 5.75 Å². The normalized spacial score (nSPS) is 9.64. The quantitative estimate of drug-likeness (QED) is 0.627. The number of rotatable bonds is 2. The molecule has 0 bridgehead atoms. The summed E-state index contributed by atoms with van der Waals surface area (Å²) in [5, 5.41) is 10.2. The summed E-state index contributed by atoms with van der Waals surface area (Å²) in [7, 11) is 0. The third-order valence-corrected chi connectivity index (χ3v) is 2.56. The molecule has 1 aromatic rings. The first kappa shape index (κ1) is 13.7. The van der Waals surface area contributed by atoms with Crippen molar-refractivity contribution in [2.75, 3.05) is 5.73 Å². The molecule has 0 aliphatic rings. The Morgan fingerprint density at radius 2 is 2.00 bits per heavy atom. The van der Waals surface area contributed by atoms with E-state index in [2.05, 4.69) is 0 Å². The SMILES string of the molecule is CCCc1c(Cl)cc(N)c(O)c1Cl.Cl. The van der Waals surface area contributed by atoms with Crippen LogP contribution in [0.3, 0.4) is 0 Å². The molecule has 0 heterocycles. The van der Waals surface area contributed by atoms with Gasteiger partial charge in [-0.15, -0.1) is 12.4 Å². The van der Waals surface area contributed by atoms with Crippen molar-refractivity contribution in [3.63, 3.8) is 0 Å². The van der Waals surface area contributed by atoms with E-state index in [-0.39, 0.29) is 28.9 Å². The van der Waals surface area contributed by atoms with Crippen molar-refractivity contribution in [2.45, 2.75) is 19.8 Å². The molecule has 14 heavy (non-hydrogen) atoms. The number of nitrogens with two attached hydrogens (primary N) is 1. The van der Waals surface area contributed by atoms with E-state index in [1.54, 1.807) is 0 Å². The molecule has 2 nitrogen and oxygen atoms in total. The highest BCUT2D eigenvalue weighted by molar-refractivity contribution is 6.37. The first-order chi connectivity index (χ1) is 6.07. The second kappa shape index (κ2) is 5.54. The number of hydrogen-bond donors (Lipinski definition) is 2. The molecule has 0 radical (unpaired) electrons. The Morgan fingerprint density at radius 1 is 1.43 bits per heavy atom. The van der Waals surface area contributed by atoms with Crippen LogP contribution in [0.1, 0.15) is 18.9 Å². The molecule has 0 saturated heterocycles. The van der Waals surface area contributed by atoms with E-state index < -0.39 is 0 Å². The van der Waals surface area contributed by atoms with Crippen LogP contribution >= 0.6 is 35.6 Å². The number of hydrogen-bond acceptors (Lipinski definition) is 2. The molecule has 5 heteroatoms. The molecular formula is C9H12Cl3NO. The third-order valence-electron chi connectivity index (χ3n) is 1.82. The Hall–Kier alpha value is -0.310. The van der Waals surface area contributed by atoms with Crippen LogP contribution in [-0.2, 0) is 6.42 Å². The molecule has 0 aromatic heterocycles. The van der Waals surface area contributed by atoms with Crippen LogP contribution in [-0.4, -0.2) is 5.11 Å². The number of phenols is 1. The van der Waals surface area contributed by atoms with E-state index in [1.165, 1.54) is 6.07 Å². The minimum atomic E-state index is -0.0745. The first-order valence-corrected chi connectivity index (χ1v) is 4.78. The van der Waals surface area contributed by atoms with Gasteiger partial charge in [0.25, 0.3) is 0 Å². The molecule has 0 amide bonds. The number of halogens is 3. The van der Waals surface area contributed by atoms with Crippen LogP contribution in [0.15, 0.2) is 6.07 Å². The maximum absolute atomic E-state index is 9.42. The van der Waals surface area contributed by atoms with E-state index in [0.717, 1.165) is 18.4 Å². The molecule has 80 valence electrons. The molecule has 0 spiro atoms. The second-order valence-electron chi connectivity index (χ2n) is 2.84. The Morgan fingerprint density at radius 3 is 2.50 bits per heavy atom. The second-order valence-corrected chi connectivity index (χ2v) is 3.62. The summed E-state index contributed by atoms with van der Waals surface area (Å²) < 4.78 is 0. The minimum Gasteiger partial charge on any atom is -0.504 e. The molecule has 1 rings (SSSR count). The number of aromatic hydroxyl groups is 1. The highest BCUT2D eigenvalue weighted by atomic mass is 35.5. The molecule has 0 aliphatic heterocycles. The summed E-state index contributed by atoms with van der Waals surface area (Å²) in [6.07, 6.45) is 1.66. The van der Waals surface area contributed by atoms with Crippen LogP contribution in [0.5, 0.6) is 5.75 Å². The lowest BCUT2D eigenvalue weighted by Crippen LogP contribution is -1.92. The van der Waals surface area contributed by atoms with Crippen LogP contribution in [0.25, 0.3) is 0 Å². The molecule has 0 unspecified atom stereocenters. The average Bonchev–Trinajstić information content (AvgIpc) is 2.09. The van der Waals surface area contributed by atoms with Gasteiger partial charge in [0.1, 0.15) is 0 Å². The first-order valence-electron chi connectivity index (χ1n) is 4.03. The summed E-state index contributed by atoms with van der Waals surface area (Å²) in [6, 6.07) is 1.52. The zero-order valence-electron chi connectivity index (χ0n) is 7.68. The molecule has 0 saturated carbocycles. The van der Waals surface area contributed by atoms with Gasteiger partial charge in [-0.25, -0.2) is 0 Å². The standard InChI is InChI=1S/C9H11Cl2NO.ClH/c1-2-3-5-6(10)4-7(12)9(13)8(5)11;/h4,13H,2-3,12H2,1H3;1H.